The summed E-state index contributed by atoms with van der Waals surface area (Å²) >= 11 is 0. The molecule has 0 unspecified atom stereocenters. The zero-order valence-corrected chi connectivity index (χ0v) is 15.4. The smallest absolute Gasteiger partial charge is 0.257 e. The van der Waals surface area contributed by atoms with Gasteiger partial charge in [-0.1, -0.05) is 32.0 Å². The van der Waals surface area contributed by atoms with Crippen molar-refractivity contribution < 1.29 is 14.6 Å². The Bertz CT molecular complexity index is 745. The number of likely N-dealkylation sites (tertiary alicyclic amines) is 1. The lowest BCUT2D eigenvalue weighted by atomic mass is 9.90. The van der Waals surface area contributed by atoms with Crippen LogP contribution in [-0.2, 0) is 0 Å². The largest absolute Gasteiger partial charge is 0.486 e. The van der Waals surface area contributed by atoms with E-state index in [1.165, 1.54) is 0 Å². The fourth-order valence-corrected chi connectivity index (χ4v) is 2.95. The van der Waals surface area contributed by atoms with Crippen LogP contribution in [0.1, 0.15) is 49.3 Å². The average Bonchev–Trinajstić information content (AvgIpc) is 2.64. The molecule has 2 atom stereocenters. The van der Waals surface area contributed by atoms with E-state index < -0.39 is 11.7 Å². The molecular weight excluding hydrogens is 330 g/mol. The number of aromatic nitrogens is 2. The van der Waals surface area contributed by atoms with Gasteiger partial charge in [-0.05, 0) is 25.5 Å². The number of amides is 1. The maximum absolute atomic E-state index is 12.8. The van der Waals surface area contributed by atoms with Crippen LogP contribution in [0.25, 0.3) is 0 Å². The Hall–Kier alpha value is -2.47. The Morgan fingerprint density at radius 3 is 2.54 bits per heavy atom. The first kappa shape index (κ1) is 18.3. The van der Waals surface area contributed by atoms with Gasteiger partial charge in [0.05, 0.1) is 12.1 Å². The molecule has 0 bridgehead atoms. The summed E-state index contributed by atoms with van der Waals surface area (Å²) < 4.78 is 5.96. The molecule has 3 rings (SSSR count). The molecule has 138 valence electrons. The van der Waals surface area contributed by atoms with Gasteiger partial charge >= 0.3 is 0 Å². The van der Waals surface area contributed by atoms with Gasteiger partial charge in [0.25, 0.3) is 5.91 Å². The van der Waals surface area contributed by atoms with E-state index >= 15 is 0 Å². The van der Waals surface area contributed by atoms with E-state index in [-0.39, 0.29) is 11.8 Å². The second-order valence-corrected chi connectivity index (χ2v) is 7.26. The second-order valence-electron chi connectivity index (χ2n) is 7.26. The van der Waals surface area contributed by atoms with E-state index in [2.05, 4.69) is 9.97 Å². The lowest BCUT2D eigenvalue weighted by Crippen LogP contribution is -2.57. The van der Waals surface area contributed by atoms with Gasteiger partial charge in [0, 0.05) is 24.9 Å². The van der Waals surface area contributed by atoms with E-state index in [0.29, 0.717) is 36.6 Å². The Kier molecular flexibility index (Phi) is 5.23. The molecule has 6 heteroatoms. The molecule has 0 saturated carbocycles. The van der Waals surface area contributed by atoms with Crippen LogP contribution >= 0.6 is 0 Å². The maximum Gasteiger partial charge on any atom is 0.257 e. The molecule has 1 aromatic heterocycles. The molecular formula is C20H25N3O3. The Balaban J connectivity index is 1.73. The molecule has 0 radical (unpaired) electrons. The van der Waals surface area contributed by atoms with E-state index in [9.17, 15) is 9.90 Å². The highest BCUT2D eigenvalue weighted by atomic mass is 16.5. The zero-order valence-electron chi connectivity index (χ0n) is 15.4. The van der Waals surface area contributed by atoms with Crippen molar-refractivity contribution in [3.63, 3.8) is 0 Å². The number of para-hydroxylation sites is 1. The normalized spacial score (nSPS) is 23.1. The molecule has 1 fully saturated rings. The molecule has 1 N–H and O–H groups in total. The van der Waals surface area contributed by atoms with Crippen LogP contribution in [-0.4, -0.2) is 50.7 Å². The van der Waals surface area contributed by atoms with Crippen molar-refractivity contribution in [3.05, 3.63) is 54.1 Å². The van der Waals surface area contributed by atoms with Crippen molar-refractivity contribution >= 4 is 5.91 Å². The number of piperidine rings is 1. The summed E-state index contributed by atoms with van der Waals surface area (Å²) in [5.41, 5.74) is -0.542. The van der Waals surface area contributed by atoms with Crippen LogP contribution in [0.2, 0.25) is 0 Å². The van der Waals surface area contributed by atoms with E-state index in [4.69, 9.17) is 4.74 Å². The highest BCUT2D eigenvalue weighted by Gasteiger charge is 2.41. The van der Waals surface area contributed by atoms with E-state index in [0.717, 1.165) is 0 Å². The van der Waals surface area contributed by atoms with Crippen LogP contribution in [0.5, 0.6) is 5.75 Å². The van der Waals surface area contributed by atoms with Crippen molar-refractivity contribution in [1.82, 2.24) is 14.9 Å². The molecule has 2 aromatic rings. The topological polar surface area (TPSA) is 75.6 Å². The van der Waals surface area contributed by atoms with Gasteiger partial charge in [-0.3, -0.25) is 4.79 Å². The first-order valence-electron chi connectivity index (χ1n) is 8.92. The van der Waals surface area contributed by atoms with Crippen molar-refractivity contribution in [3.8, 4) is 5.75 Å². The summed E-state index contributed by atoms with van der Waals surface area (Å²) in [6.07, 6.45) is 3.09. The molecule has 1 aliphatic heterocycles. The van der Waals surface area contributed by atoms with Crippen molar-refractivity contribution in [2.24, 2.45) is 0 Å². The van der Waals surface area contributed by atoms with Gasteiger partial charge in [0.1, 0.15) is 23.3 Å². The third-order valence-electron chi connectivity index (χ3n) is 4.71. The molecule has 1 saturated heterocycles. The third-order valence-corrected chi connectivity index (χ3v) is 4.71. The van der Waals surface area contributed by atoms with Crippen molar-refractivity contribution in [2.75, 3.05) is 13.1 Å². The summed E-state index contributed by atoms with van der Waals surface area (Å²) in [6.45, 7) is 6.55. The minimum Gasteiger partial charge on any atom is -0.486 e. The number of rotatable bonds is 4. The summed E-state index contributed by atoms with van der Waals surface area (Å²) in [4.78, 5) is 23.0. The second kappa shape index (κ2) is 7.41. The molecule has 1 aliphatic rings. The highest BCUT2D eigenvalue weighted by Crippen LogP contribution is 2.27. The summed E-state index contributed by atoms with van der Waals surface area (Å²) in [6, 6.07) is 9.35. The number of benzene rings is 1. The van der Waals surface area contributed by atoms with Gasteiger partial charge < -0.3 is 14.7 Å². The summed E-state index contributed by atoms with van der Waals surface area (Å²) in [7, 11) is 0. The average molecular weight is 355 g/mol. The van der Waals surface area contributed by atoms with E-state index in [1.54, 1.807) is 24.2 Å². The first-order valence-corrected chi connectivity index (χ1v) is 8.92. The Morgan fingerprint density at radius 1 is 1.27 bits per heavy atom. The molecule has 2 heterocycles. The minimum absolute atomic E-state index is 0.141. The number of aliphatic hydroxyl groups is 1. The van der Waals surface area contributed by atoms with Crippen LogP contribution < -0.4 is 4.74 Å². The standard InChI is InChI=1S/C20H25N3O3/c1-14(2)18-21-11-15(12-22-18)19(24)23-10-9-20(3,25)17(13-23)26-16-7-5-4-6-8-16/h4-8,11-12,14,17,25H,9-10,13H2,1-3H3/t17-,20-/m1/s1. The fourth-order valence-electron chi connectivity index (χ4n) is 2.95. The lowest BCUT2D eigenvalue weighted by Gasteiger charge is -2.42. The quantitative estimate of drug-likeness (QED) is 0.912. The molecule has 26 heavy (non-hydrogen) atoms. The predicted molar refractivity (Wildman–Crippen MR) is 98.1 cm³/mol. The lowest BCUT2D eigenvalue weighted by molar-refractivity contribution is -0.0881. The number of carbonyl (C=O) groups is 1. The zero-order chi connectivity index (χ0) is 18.7. The summed E-state index contributed by atoms with van der Waals surface area (Å²) in [5, 5.41) is 10.7. The summed E-state index contributed by atoms with van der Waals surface area (Å²) in [5.74, 6) is 1.47. The molecule has 0 aliphatic carbocycles. The SMILES string of the molecule is CC(C)c1ncc(C(=O)N2CC[C@@](C)(O)[C@H](Oc3ccccc3)C2)cn1. The monoisotopic (exact) mass is 355 g/mol. The molecule has 6 nitrogen and oxygen atoms in total. The first-order chi connectivity index (χ1) is 12.4. The highest BCUT2D eigenvalue weighted by molar-refractivity contribution is 5.93. The number of hydrogen-bond donors (Lipinski definition) is 1. The van der Waals surface area contributed by atoms with Crippen LogP contribution in [0.3, 0.4) is 0 Å². The fraction of sp³-hybridized carbons (Fsp3) is 0.450. The minimum atomic E-state index is -0.995. The van der Waals surface area contributed by atoms with Gasteiger partial charge in [-0.25, -0.2) is 9.97 Å². The number of nitrogens with zero attached hydrogens (tertiary/aromatic N) is 3. The van der Waals surface area contributed by atoms with Crippen LogP contribution in [0.4, 0.5) is 0 Å². The number of hydrogen-bond acceptors (Lipinski definition) is 5. The Labute approximate surface area is 153 Å². The number of ether oxygens (including phenoxy) is 1. The molecule has 1 amide bonds. The molecule has 0 spiro atoms. The van der Waals surface area contributed by atoms with Gasteiger partial charge in [0.15, 0.2) is 0 Å². The van der Waals surface area contributed by atoms with Gasteiger partial charge in [-0.2, -0.15) is 0 Å². The van der Waals surface area contributed by atoms with Crippen LogP contribution in [0.15, 0.2) is 42.7 Å². The molecule has 1 aromatic carbocycles. The van der Waals surface area contributed by atoms with E-state index in [1.807, 2.05) is 44.2 Å². The van der Waals surface area contributed by atoms with Gasteiger partial charge in [-0.15, -0.1) is 0 Å². The van der Waals surface area contributed by atoms with Gasteiger partial charge in [0.2, 0.25) is 0 Å². The van der Waals surface area contributed by atoms with Crippen molar-refractivity contribution in [1.29, 1.82) is 0 Å². The number of carbonyl (C=O) groups excluding carboxylic acids is 1. The predicted octanol–water partition coefficient (Wildman–Crippen LogP) is 2.64. The maximum atomic E-state index is 12.8. The van der Waals surface area contributed by atoms with Crippen LogP contribution in [0, 0.1) is 0 Å². The third kappa shape index (κ3) is 4.02. The Morgan fingerprint density at radius 2 is 1.92 bits per heavy atom. The van der Waals surface area contributed by atoms with Crippen molar-refractivity contribution in [2.45, 2.75) is 44.8 Å².